The molecule has 0 saturated heterocycles. The molecule has 0 aliphatic heterocycles. The van der Waals surface area contributed by atoms with Crippen LogP contribution in [0.2, 0.25) is 19.6 Å². The predicted molar refractivity (Wildman–Crippen MR) is 112 cm³/mol. The van der Waals surface area contributed by atoms with E-state index in [0.29, 0.717) is 0 Å². The summed E-state index contributed by atoms with van der Waals surface area (Å²) < 4.78 is 0. The molecule has 25 heavy (non-hydrogen) atoms. The van der Waals surface area contributed by atoms with Crippen LogP contribution in [0.5, 0.6) is 0 Å². The number of hydrogen-bond acceptors (Lipinski definition) is 3. The standard InChI is InChI=1S/C21H26N2SSi/c1-21(2,3)20-23-14-19(24-20)17-10-8-7-9-16(17)18-12-11-15(13-22-18)25(4,5)6/h7-14H,1-6H3. The lowest BCUT2D eigenvalue weighted by atomic mass is 9.98. The zero-order valence-corrected chi connectivity index (χ0v) is 17.7. The quantitative estimate of drug-likeness (QED) is 0.554. The molecule has 0 bridgehead atoms. The van der Waals surface area contributed by atoms with Gasteiger partial charge in [-0.1, -0.05) is 70.7 Å². The molecule has 0 atom stereocenters. The lowest BCUT2D eigenvalue weighted by Crippen LogP contribution is -2.37. The summed E-state index contributed by atoms with van der Waals surface area (Å²) in [5.41, 5.74) is 3.50. The highest BCUT2D eigenvalue weighted by atomic mass is 32.1. The first-order valence-corrected chi connectivity index (χ1v) is 13.0. The van der Waals surface area contributed by atoms with Crippen LogP contribution in [0, 0.1) is 0 Å². The van der Waals surface area contributed by atoms with E-state index in [4.69, 9.17) is 4.98 Å². The summed E-state index contributed by atoms with van der Waals surface area (Å²) in [5.74, 6) is 0. The first-order chi connectivity index (χ1) is 11.7. The van der Waals surface area contributed by atoms with Crippen molar-refractivity contribution in [3.8, 4) is 21.7 Å². The van der Waals surface area contributed by atoms with Crippen molar-refractivity contribution >= 4 is 24.6 Å². The summed E-state index contributed by atoms with van der Waals surface area (Å²) >= 11 is 1.78. The summed E-state index contributed by atoms with van der Waals surface area (Å²) in [6.45, 7) is 13.7. The second kappa shape index (κ2) is 6.50. The molecule has 0 unspecified atom stereocenters. The highest BCUT2D eigenvalue weighted by Gasteiger charge is 2.20. The van der Waals surface area contributed by atoms with Gasteiger partial charge < -0.3 is 0 Å². The summed E-state index contributed by atoms with van der Waals surface area (Å²) in [7, 11) is -1.32. The molecule has 3 rings (SSSR count). The van der Waals surface area contributed by atoms with Crippen LogP contribution in [0.15, 0.2) is 48.8 Å². The van der Waals surface area contributed by atoms with E-state index in [9.17, 15) is 0 Å². The number of hydrogen-bond donors (Lipinski definition) is 0. The number of benzene rings is 1. The van der Waals surface area contributed by atoms with Crippen LogP contribution in [-0.4, -0.2) is 18.0 Å². The number of thiazole rings is 1. The highest BCUT2D eigenvalue weighted by molar-refractivity contribution is 7.15. The molecule has 0 spiro atoms. The van der Waals surface area contributed by atoms with Gasteiger partial charge in [0.05, 0.1) is 23.7 Å². The molecule has 3 aromatic rings. The minimum absolute atomic E-state index is 0.0785. The Morgan fingerprint density at radius 3 is 2.04 bits per heavy atom. The van der Waals surface area contributed by atoms with Gasteiger partial charge in [-0.2, -0.15) is 0 Å². The van der Waals surface area contributed by atoms with Crippen LogP contribution >= 0.6 is 11.3 Å². The van der Waals surface area contributed by atoms with E-state index in [1.807, 2.05) is 6.20 Å². The van der Waals surface area contributed by atoms with E-state index in [0.717, 1.165) is 5.69 Å². The van der Waals surface area contributed by atoms with Crippen molar-refractivity contribution in [1.82, 2.24) is 9.97 Å². The van der Waals surface area contributed by atoms with E-state index in [2.05, 4.69) is 88.0 Å². The lowest BCUT2D eigenvalue weighted by molar-refractivity contribution is 0.585. The minimum atomic E-state index is -1.32. The Labute approximate surface area is 156 Å². The fourth-order valence-electron chi connectivity index (χ4n) is 2.66. The predicted octanol–water partition coefficient (Wildman–Crippen LogP) is 5.71. The largest absolute Gasteiger partial charge is 0.256 e. The van der Waals surface area contributed by atoms with Gasteiger partial charge in [0.25, 0.3) is 0 Å². The molecule has 2 aromatic heterocycles. The zero-order valence-electron chi connectivity index (χ0n) is 15.9. The first-order valence-electron chi connectivity index (χ1n) is 8.69. The molecule has 2 heterocycles. The van der Waals surface area contributed by atoms with Crippen LogP contribution in [0.3, 0.4) is 0 Å². The minimum Gasteiger partial charge on any atom is -0.256 e. The van der Waals surface area contributed by atoms with Gasteiger partial charge in [-0.15, -0.1) is 11.3 Å². The van der Waals surface area contributed by atoms with Gasteiger partial charge in [0.2, 0.25) is 0 Å². The van der Waals surface area contributed by atoms with Gasteiger partial charge in [0.15, 0.2) is 0 Å². The van der Waals surface area contributed by atoms with Gasteiger partial charge in [-0.25, -0.2) is 4.98 Å². The van der Waals surface area contributed by atoms with E-state index in [1.165, 1.54) is 26.2 Å². The first kappa shape index (κ1) is 18.0. The number of aromatic nitrogens is 2. The second-order valence-electron chi connectivity index (χ2n) is 8.51. The maximum atomic E-state index is 4.78. The Hall–Kier alpha value is -1.78. The molecule has 0 saturated carbocycles. The third-order valence-electron chi connectivity index (χ3n) is 4.25. The normalized spacial score (nSPS) is 12.4. The smallest absolute Gasteiger partial charge is 0.0984 e. The van der Waals surface area contributed by atoms with Crippen molar-refractivity contribution in [3.05, 3.63) is 53.8 Å². The molecular formula is C21H26N2SSi. The fraction of sp³-hybridized carbons (Fsp3) is 0.333. The van der Waals surface area contributed by atoms with Gasteiger partial charge in [-0.05, 0) is 11.3 Å². The summed E-state index contributed by atoms with van der Waals surface area (Å²) in [6, 6.07) is 12.9. The molecule has 0 N–H and O–H groups in total. The fourth-order valence-corrected chi connectivity index (χ4v) is 4.71. The maximum Gasteiger partial charge on any atom is 0.0984 e. The third kappa shape index (κ3) is 3.91. The van der Waals surface area contributed by atoms with Crippen molar-refractivity contribution in [2.24, 2.45) is 0 Å². The van der Waals surface area contributed by atoms with Crippen molar-refractivity contribution in [1.29, 1.82) is 0 Å². The van der Waals surface area contributed by atoms with Crippen LogP contribution in [0.4, 0.5) is 0 Å². The van der Waals surface area contributed by atoms with E-state index in [-0.39, 0.29) is 5.41 Å². The SMILES string of the molecule is CC(C)(C)c1ncc(-c2ccccc2-c2ccc([Si](C)(C)C)cn2)s1. The van der Waals surface area contributed by atoms with Gasteiger partial charge in [-0.3, -0.25) is 4.98 Å². The van der Waals surface area contributed by atoms with Crippen molar-refractivity contribution in [3.63, 3.8) is 0 Å². The number of rotatable bonds is 3. The van der Waals surface area contributed by atoms with Crippen LogP contribution in [-0.2, 0) is 5.41 Å². The molecule has 2 nitrogen and oxygen atoms in total. The average molecular weight is 367 g/mol. The zero-order chi connectivity index (χ0) is 18.2. The maximum absolute atomic E-state index is 4.78. The molecule has 0 aliphatic carbocycles. The summed E-state index contributed by atoms with van der Waals surface area (Å²) in [4.78, 5) is 10.6. The van der Waals surface area contributed by atoms with Crippen LogP contribution in [0.1, 0.15) is 25.8 Å². The Kier molecular flexibility index (Phi) is 4.69. The average Bonchev–Trinajstić information content (AvgIpc) is 3.04. The Morgan fingerprint density at radius 2 is 1.52 bits per heavy atom. The summed E-state index contributed by atoms with van der Waals surface area (Å²) in [5, 5.41) is 2.56. The highest BCUT2D eigenvalue weighted by Crippen LogP contribution is 2.37. The Morgan fingerprint density at radius 1 is 0.840 bits per heavy atom. The number of pyridine rings is 1. The van der Waals surface area contributed by atoms with Crippen LogP contribution < -0.4 is 5.19 Å². The summed E-state index contributed by atoms with van der Waals surface area (Å²) in [6.07, 6.45) is 4.06. The second-order valence-corrected chi connectivity index (χ2v) is 14.6. The molecular weight excluding hydrogens is 340 g/mol. The number of nitrogens with zero attached hydrogens (tertiary/aromatic N) is 2. The van der Waals surface area contributed by atoms with Gasteiger partial charge in [0.1, 0.15) is 0 Å². The molecule has 0 fully saturated rings. The molecule has 0 amide bonds. The molecule has 0 aliphatic rings. The van der Waals surface area contributed by atoms with Crippen molar-refractivity contribution < 1.29 is 0 Å². The third-order valence-corrected chi connectivity index (χ3v) is 7.73. The Balaban J connectivity index is 2.03. The molecule has 130 valence electrons. The van der Waals surface area contributed by atoms with Crippen molar-refractivity contribution in [2.45, 2.75) is 45.8 Å². The van der Waals surface area contributed by atoms with Gasteiger partial charge >= 0.3 is 0 Å². The monoisotopic (exact) mass is 366 g/mol. The Bertz CT molecular complexity index is 868. The molecule has 0 radical (unpaired) electrons. The van der Waals surface area contributed by atoms with E-state index in [1.54, 1.807) is 11.3 Å². The molecule has 4 heteroatoms. The van der Waals surface area contributed by atoms with E-state index >= 15 is 0 Å². The van der Waals surface area contributed by atoms with Gasteiger partial charge in [0, 0.05) is 28.9 Å². The van der Waals surface area contributed by atoms with Crippen LogP contribution in [0.25, 0.3) is 21.7 Å². The topological polar surface area (TPSA) is 25.8 Å². The van der Waals surface area contributed by atoms with E-state index < -0.39 is 8.07 Å². The van der Waals surface area contributed by atoms with Crippen molar-refractivity contribution in [2.75, 3.05) is 0 Å². The lowest BCUT2D eigenvalue weighted by Gasteiger charge is -2.16. The molecule has 1 aromatic carbocycles.